The molecule has 0 aliphatic rings. The molecule has 12 heteroatoms. The van der Waals surface area contributed by atoms with Crippen LogP contribution in [0.1, 0.15) is 18.6 Å². The van der Waals surface area contributed by atoms with Gasteiger partial charge in [-0.2, -0.15) is 0 Å². The number of carbonyl (C=O) groups excluding carboxylic acids is 1. The number of benzene rings is 1. The van der Waals surface area contributed by atoms with Crippen LogP contribution < -0.4 is 0 Å². The molecule has 0 saturated carbocycles. The molecule has 1 aromatic carbocycles. The van der Waals surface area contributed by atoms with Crippen LogP contribution in [0.15, 0.2) is 24.3 Å². The Morgan fingerprint density at radius 2 is 1.70 bits per heavy atom. The van der Waals surface area contributed by atoms with Gasteiger partial charge in [0.15, 0.2) is 0 Å². The van der Waals surface area contributed by atoms with Crippen molar-refractivity contribution in [3.63, 3.8) is 0 Å². The smallest absolute Gasteiger partial charge is 0.384 e. The minimum atomic E-state index is -2.19. The van der Waals surface area contributed by atoms with E-state index >= 15 is 0 Å². The molecule has 0 saturated heterocycles. The van der Waals surface area contributed by atoms with Crippen molar-refractivity contribution < 1.29 is 29.3 Å². The number of ether oxygens (including phenoxy) is 1. The molecule has 1 aromatic rings. The summed E-state index contributed by atoms with van der Waals surface area (Å²) in [7, 11) is 0. The van der Waals surface area contributed by atoms with Gasteiger partial charge in [-0.1, -0.05) is 0 Å². The van der Waals surface area contributed by atoms with Gasteiger partial charge in [-0.15, -0.1) is 10.1 Å². The summed E-state index contributed by atoms with van der Waals surface area (Å²) in [6, 6.07) is 1.83. The van der Waals surface area contributed by atoms with E-state index in [-0.39, 0.29) is 17.9 Å². The molecule has 0 N–H and O–H groups in total. The van der Waals surface area contributed by atoms with Gasteiger partial charge in [-0.3, -0.25) is 25.1 Å². The Bertz CT molecular complexity index is 616. The zero-order valence-electron chi connectivity index (χ0n) is 11.7. The number of nitro groups is 2. The Balaban J connectivity index is 3.24. The van der Waals surface area contributed by atoms with Crippen LogP contribution in [0.5, 0.6) is 0 Å². The Morgan fingerprint density at radius 1 is 1.13 bits per heavy atom. The van der Waals surface area contributed by atoms with Gasteiger partial charge in [0, 0.05) is 17.1 Å². The fraction of sp³-hybridized carbons (Fsp3) is 0.364. The lowest BCUT2D eigenvalue weighted by atomic mass is 10.0. The average Bonchev–Trinajstić information content (AvgIpc) is 2.46. The maximum atomic E-state index is 11.7. The summed E-state index contributed by atoms with van der Waals surface area (Å²) < 4.78 is 4.52. The number of rotatable bonds is 8. The van der Waals surface area contributed by atoms with Gasteiger partial charge in [0.05, 0.1) is 11.5 Å². The third-order valence-corrected chi connectivity index (χ3v) is 2.67. The second-order valence-electron chi connectivity index (χ2n) is 4.08. The first kappa shape index (κ1) is 17.7. The first-order valence-electron chi connectivity index (χ1n) is 6.13. The second-order valence-corrected chi connectivity index (χ2v) is 4.08. The van der Waals surface area contributed by atoms with Gasteiger partial charge in [0.1, 0.15) is 0 Å². The van der Waals surface area contributed by atoms with Crippen LogP contribution in [0.4, 0.5) is 5.69 Å². The number of hydrogen-bond acceptors (Lipinski definition) is 9. The van der Waals surface area contributed by atoms with E-state index in [4.69, 9.17) is 0 Å². The Hall–Kier alpha value is -3.31. The molecule has 2 atom stereocenters. The van der Waals surface area contributed by atoms with Crippen LogP contribution >= 0.6 is 0 Å². The topological polar surface area (TPSA) is 165 Å². The summed E-state index contributed by atoms with van der Waals surface area (Å²) in [4.78, 5) is 46.4. The minimum absolute atomic E-state index is 0.151. The SMILES string of the molecule is CCOC(=O)C(C(O[N+](=O)[O-])c1ccc([N+](=O)[O-])cc1)[N+](=O)[O-]. The molecule has 0 radical (unpaired) electrons. The first-order chi connectivity index (χ1) is 10.8. The largest absolute Gasteiger partial charge is 0.461 e. The van der Waals surface area contributed by atoms with Crippen molar-refractivity contribution >= 4 is 11.7 Å². The standard InChI is InChI=1S/C11H11N3O9/c1-2-22-11(15)9(13(18)19)10(23-14(20)21)7-3-5-8(6-4-7)12(16)17/h3-6,9-10H,2H2,1H3. The van der Waals surface area contributed by atoms with E-state index in [0.29, 0.717) is 0 Å². The van der Waals surface area contributed by atoms with E-state index in [0.717, 1.165) is 24.3 Å². The van der Waals surface area contributed by atoms with Crippen molar-refractivity contribution in [2.24, 2.45) is 0 Å². The molecule has 23 heavy (non-hydrogen) atoms. The zero-order chi connectivity index (χ0) is 17.6. The molecule has 0 aliphatic carbocycles. The van der Waals surface area contributed by atoms with Crippen molar-refractivity contribution in [2.45, 2.75) is 19.1 Å². The normalized spacial score (nSPS) is 12.7. The average molecular weight is 329 g/mol. The Kier molecular flexibility index (Phi) is 5.88. The van der Waals surface area contributed by atoms with Crippen LogP contribution in [-0.2, 0) is 14.4 Å². The zero-order valence-corrected chi connectivity index (χ0v) is 11.7. The van der Waals surface area contributed by atoms with Gasteiger partial charge >= 0.3 is 12.0 Å². The van der Waals surface area contributed by atoms with E-state index < -0.39 is 33.0 Å². The summed E-state index contributed by atoms with van der Waals surface area (Å²) in [6.45, 7) is 1.23. The third kappa shape index (κ3) is 4.59. The molecule has 0 aromatic heterocycles. The summed E-state index contributed by atoms with van der Waals surface area (Å²) in [5.74, 6) is -1.32. The van der Waals surface area contributed by atoms with Crippen molar-refractivity contribution in [1.29, 1.82) is 0 Å². The van der Waals surface area contributed by atoms with E-state index in [1.165, 1.54) is 6.92 Å². The number of nitro benzene ring substituents is 1. The highest BCUT2D eigenvalue weighted by atomic mass is 17.0. The molecule has 0 aliphatic heterocycles. The fourth-order valence-corrected chi connectivity index (χ4v) is 1.73. The highest BCUT2D eigenvalue weighted by Gasteiger charge is 2.44. The highest BCUT2D eigenvalue weighted by molar-refractivity contribution is 5.75. The maximum Gasteiger partial charge on any atom is 0.384 e. The molecule has 0 heterocycles. The number of non-ortho nitro benzene ring substituents is 1. The minimum Gasteiger partial charge on any atom is -0.461 e. The number of carbonyl (C=O) groups is 1. The molecule has 12 nitrogen and oxygen atoms in total. The Morgan fingerprint density at radius 3 is 2.09 bits per heavy atom. The van der Waals surface area contributed by atoms with Crippen LogP contribution in [0.3, 0.4) is 0 Å². The number of esters is 1. The quantitative estimate of drug-likeness (QED) is 0.385. The molecule has 0 amide bonds. The van der Waals surface area contributed by atoms with Gasteiger partial charge in [0.2, 0.25) is 6.10 Å². The molecule has 124 valence electrons. The van der Waals surface area contributed by atoms with Crippen LogP contribution in [0.2, 0.25) is 0 Å². The molecule has 1 rings (SSSR count). The summed E-state index contributed by atoms with van der Waals surface area (Å²) in [5.41, 5.74) is -0.482. The monoisotopic (exact) mass is 329 g/mol. The van der Waals surface area contributed by atoms with Gasteiger partial charge in [0.25, 0.3) is 10.8 Å². The lowest BCUT2D eigenvalue weighted by molar-refractivity contribution is -0.779. The van der Waals surface area contributed by atoms with E-state index in [9.17, 15) is 35.1 Å². The predicted molar refractivity (Wildman–Crippen MR) is 71.3 cm³/mol. The van der Waals surface area contributed by atoms with Crippen LogP contribution in [0.25, 0.3) is 0 Å². The molecular weight excluding hydrogens is 318 g/mol. The van der Waals surface area contributed by atoms with Gasteiger partial charge in [-0.25, -0.2) is 4.79 Å². The number of hydrogen-bond donors (Lipinski definition) is 0. The maximum absolute atomic E-state index is 11.7. The molecular formula is C11H11N3O9. The lowest BCUT2D eigenvalue weighted by Gasteiger charge is -2.18. The third-order valence-electron chi connectivity index (χ3n) is 2.67. The van der Waals surface area contributed by atoms with E-state index in [2.05, 4.69) is 9.57 Å². The Labute approximate surface area is 128 Å². The van der Waals surface area contributed by atoms with Crippen molar-refractivity contribution in [1.82, 2.24) is 0 Å². The molecule has 0 spiro atoms. The highest BCUT2D eigenvalue weighted by Crippen LogP contribution is 2.26. The lowest BCUT2D eigenvalue weighted by Crippen LogP contribution is -2.39. The van der Waals surface area contributed by atoms with Crippen LogP contribution in [0, 0.1) is 30.3 Å². The second kappa shape index (κ2) is 7.63. The van der Waals surface area contributed by atoms with Gasteiger partial charge < -0.3 is 4.74 Å². The van der Waals surface area contributed by atoms with Crippen molar-refractivity contribution in [3.05, 3.63) is 60.2 Å². The number of nitrogens with zero attached hydrogens (tertiary/aromatic N) is 3. The predicted octanol–water partition coefficient (Wildman–Crippen LogP) is 1.05. The summed E-state index contributed by atoms with van der Waals surface area (Å²) in [6.07, 6.45) is -1.90. The molecule has 2 unspecified atom stereocenters. The summed E-state index contributed by atoms with van der Waals surface area (Å²) in [5, 5.41) is 30.9. The molecule has 0 bridgehead atoms. The van der Waals surface area contributed by atoms with E-state index in [1.54, 1.807) is 0 Å². The molecule has 0 fully saturated rings. The van der Waals surface area contributed by atoms with Crippen molar-refractivity contribution in [3.8, 4) is 0 Å². The first-order valence-corrected chi connectivity index (χ1v) is 6.13. The van der Waals surface area contributed by atoms with Gasteiger partial charge in [-0.05, 0) is 24.6 Å². The van der Waals surface area contributed by atoms with Crippen LogP contribution in [-0.4, -0.2) is 33.6 Å². The van der Waals surface area contributed by atoms with Crippen molar-refractivity contribution in [2.75, 3.05) is 6.61 Å². The van der Waals surface area contributed by atoms with E-state index in [1.807, 2.05) is 0 Å². The summed E-state index contributed by atoms with van der Waals surface area (Å²) >= 11 is 0. The fourth-order valence-electron chi connectivity index (χ4n) is 1.73.